The Morgan fingerprint density at radius 3 is 2.90 bits per heavy atom. The van der Waals surface area contributed by atoms with Gasteiger partial charge in [-0.1, -0.05) is 23.5 Å². The molecular weight excluding hydrogens is 406 g/mol. The zero-order valence-electron chi connectivity index (χ0n) is 16.0. The van der Waals surface area contributed by atoms with Gasteiger partial charge in [-0.2, -0.15) is 9.61 Å². The molecule has 1 aromatic carbocycles. The molecule has 0 aliphatic heterocycles. The van der Waals surface area contributed by atoms with Crippen LogP contribution in [0.3, 0.4) is 0 Å². The van der Waals surface area contributed by atoms with Gasteiger partial charge in [0.25, 0.3) is 0 Å². The van der Waals surface area contributed by atoms with Crippen molar-refractivity contribution in [2.45, 2.75) is 20.5 Å². The van der Waals surface area contributed by atoms with Gasteiger partial charge in [-0.25, -0.2) is 4.98 Å². The Balaban J connectivity index is 1.49. The number of nitrogens with zero attached hydrogens (tertiary/aromatic N) is 7. The van der Waals surface area contributed by atoms with Crippen molar-refractivity contribution >= 4 is 27.6 Å². The molecule has 11 heteroatoms. The molecule has 5 rings (SSSR count). The minimum Gasteiger partial charge on any atom is -0.479 e. The molecule has 0 fully saturated rings. The molecule has 150 valence electrons. The normalized spacial score (nSPS) is 11.4. The van der Waals surface area contributed by atoms with Crippen LogP contribution in [0, 0.1) is 24.0 Å². The molecule has 0 bridgehead atoms. The quantitative estimate of drug-likeness (QED) is 0.315. The van der Waals surface area contributed by atoms with Gasteiger partial charge >= 0.3 is 5.69 Å². The molecule has 0 aliphatic carbocycles. The summed E-state index contributed by atoms with van der Waals surface area (Å²) in [5.41, 5.74) is 3.16. The predicted molar refractivity (Wildman–Crippen MR) is 110 cm³/mol. The van der Waals surface area contributed by atoms with Crippen LogP contribution in [0.2, 0.25) is 0 Å². The molecule has 0 unspecified atom stereocenters. The maximum atomic E-state index is 11.3. The molecule has 4 heterocycles. The number of fused-ring (bicyclic) bond motifs is 2. The van der Waals surface area contributed by atoms with Gasteiger partial charge in [0.15, 0.2) is 10.8 Å². The highest BCUT2D eigenvalue weighted by Crippen LogP contribution is 2.30. The minimum absolute atomic E-state index is 0.0694. The first kappa shape index (κ1) is 18.2. The predicted octanol–water partition coefficient (Wildman–Crippen LogP) is 3.60. The summed E-state index contributed by atoms with van der Waals surface area (Å²) in [6, 6.07) is 10.6. The number of nitro benzene ring substituents is 1. The molecule has 0 aliphatic rings. The highest BCUT2D eigenvalue weighted by molar-refractivity contribution is 7.16. The van der Waals surface area contributed by atoms with Gasteiger partial charge in [0.1, 0.15) is 17.9 Å². The van der Waals surface area contributed by atoms with Gasteiger partial charge in [-0.05, 0) is 37.6 Å². The first-order chi connectivity index (χ1) is 14.5. The summed E-state index contributed by atoms with van der Waals surface area (Å²) in [5.74, 6) is 0.777. The molecule has 10 nitrogen and oxygen atoms in total. The van der Waals surface area contributed by atoms with E-state index in [1.165, 1.54) is 17.4 Å². The summed E-state index contributed by atoms with van der Waals surface area (Å²) in [7, 11) is 0. The van der Waals surface area contributed by atoms with Crippen LogP contribution in [0.5, 0.6) is 5.75 Å². The molecule has 0 saturated heterocycles. The maximum absolute atomic E-state index is 11.3. The van der Waals surface area contributed by atoms with E-state index in [0.717, 1.165) is 22.6 Å². The molecule has 0 radical (unpaired) electrons. The van der Waals surface area contributed by atoms with Crippen molar-refractivity contribution in [3.05, 3.63) is 69.0 Å². The number of rotatable bonds is 5. The molecule has 0 amide bonds. The molecular formula is C19H15N7O3S. The fourth-order valence-corrected chi connectivity index (χ4v) is 4.02. The van der Waals surface area contributed by atoms with Crippen molar-refractivity contribution < 1.29 is 9.66 Å². The Hall–Kier alpha value is -3.86. The van der Waals surface area contributed by atoms with E-state index in [1.807, 2.05) is 35.7 Å². The fraction of sp³-hybridized carbons (Fsp3) is 0.158. The van der Waals surface area contributed by atoms with Crippen molar-refractivity contribution in [3.63, 3.8) is 0 Å². The van der Waals surface area contributed by atoms with Gasteiger partial charge in [0.2, 0.25) is 10.8 Å². The largest absolute Gasteiger partial charge is 0.479 e. The SMILES string of the molecule is Cc1ccc(OCc2nn3c(-c4c(C)nc5ccccn45)nnc3s2)c([N+](=O)[O-])c1. The second kappa shape index (κ2) is 6.88. The van der Waals surface area contributed by atoms with E-state index in [1.54, 1.807) is 23.6 Å². The lowest BCUT2D eigenvalue weighted by Crippen LogP contribution is -2.01. The highest BCUT2D eigenvalue weighted by Gasteiger charge is 2.20. The number of aromatic nitrogens is 6. The van der Waals surface area contributed by atoms with Gasteiger partial charge in [-0.3, -0.25) is 14.5 Å². The van der Waals surface area contributed by atoms with Crippen LogP contribution in [0.1, 0.15) is 16.3 Å². The maximum Gasteiger partial charge on any atom is 0.311 e. The average molecular weight is 421 g/mol. The number of nitro groups is 1. The third-order valence-electron chi connectivity index (χ3n) is 4.61. The molecule has 0 spiro atoms. The van der Waals surface area contributed by atoms with Crippen LogP contribution in [0.4, 0.5) is 5.69 Å². The highest BCUT2D eigenvalue weighted by atomic mass is 32.1. The average Bonchev–Trinajstić information content (AvgIpc) is 3.38. The van der Waals surface area contributed by atoms with Crippen molar-refractivity contribution in [2.24, 2.45) is 0 Å². The van der Waals surface area contributed by atoms with Crippen LogP contribution in [-0.4, -0.2) is 34.1 Å². The Labute approximate surface area is 173 Å². The summed E-state index contributed by atoms with van der Waals surface area (Å²) in [6.45, 7) is 3.79. The number of aryl methyl sites for hydroxylation is 2. The summed E-state index contributed by atoms with van der Waals surface area (Å²) in [6.07, 6.45) is 1.92. The number of imidazole rings is 1. The van der Waals surface area contributed by atoms with Gasteiger partial charge < -0.3 is 4.74 Å². The smallest absolute Gasteiger partial charge is 0.311 e. The Bertz CT molecular complexity index is 1420. The molecule has 30 heavy (non-hydrogen) atoms. The fourth-order valence-electron chi connectivity index (χ4n) is 3.28. The summed E-state index contributed by atoms with van der Waals surface area (Å²) >= 11 is 1.32. The number of ether oxygens (including phenoxy) is 1. The van der Waals surface area contributed by atoms with Gasteiger partial charge in [0, 0.05) is 12.3 Å². The lowest BCUT2D eigenvalue weighted by atomic mass is 10.2. The van der Waals surface area contributed by atoms with Crippen LogP contribution in [0.25, 0.3) is 22.1 Å². The summed E-state index contributed by atoms with van der Waals surface area (Å²) in [4.78, 5) is 16.0. The topological polar surface area (TPSA) is 113 Å². The number of benzene rings is 1. The Morgan fingerprint density at radius 1 is 1.20 bits per heavy atom. The van der Waals surface area contributed by atoms with Crippen LogP contribution < -0.4 is 4.74 Å². The second-order valence-corrected chi connectivity index (χ2v) is 7.75. The second-order valence-electron chi connectivity index (χ2n) is 6.71. The zero-order chi connectivity index (χ0) is 20.8. The zero-order valence-corrected chi connectivity index (χ0v) is 16.8. The van der Waals surface area contributed by atoms with E-state index in [-0.39, 0.29) is 18.0 Å². The lowest BCUT2D eigenvalue weighted by Gasteiger charge is -2.05. The minimum atomic E-state index is -0.452. The third kappa shape index (κ3) is 2.95. The number of hydrogen-bond donors (Lipinski definition) is 0. The van der Waals surface area contributed by atoms with E-state index in [0.29, 0.717) is 15.8 Å². The Kier molecular flexibility index (Phi) is 4.17. The van der Waals surface area contributed by atoms with E-state index in [4.69, 9.17) is 4.74 Å². The van der Waals surface area contributed by atoms with E-state index < -0.39 is 4.92 Å². The first-order valence-corrected chi connectivity index (χ1v) is 9.86. The standard InChI is InChI=1S/C19H15N7O3S/c1-11-6-7-14(13(9-11)26(27)28)29-10-16-23-25-18(21-22-19(25)30-16)17-12(2)20-15-5-3-4-8-24(15)17/h3-9H,10H2,1-2H3. The molecule has 5 aromatic rings. The summed E-state index contributed by atoms with van der Waals surface area (Å²) < 4.78 is 9.28. The Morgan fingerprint density at radius 2 is 2.07 bits per heavy atom. The van der Waals surface area contributed by atoms with E-state index in [9.17, 15) is 10.1 Å². The first-order valence-electron chi connectivity index (χ1n) is 9.04. The van der Waals surface area contributed by atoms with Crippen LogP contribution >= 0.6 is 11.3 Å². The monoisotopic (exact) mass is 421 g/mol. The van der Waals surface area contributed by atoms with Crippen molar-refractivity contribution in [2.75, 3.05) is 0 Å². The van der Waals surface area contributed by atoms with Gasteiger partial charge in [0.05, 0.1) is 10.6 Å². The lowest BCUT2D eigenvalue weighted by molar-refractivity contribution is -0.386. The van der Waals surface area contributed by atoms with Crippen molar-refractivity contribution in [1.29, 1.82) is 0 Å². The summed E-state index contributed by atoms with van der Waals surface area (Å²) in [5, 5.41) is 25.0. The van der Waals surface area contributed by atoms with Crippen molar-refractivity contribution in [3.8, 4) is 17.3 Å². The van der Waals surface area contributed by atoms with Crippen molar-refractivity contribution in [1.82, 2.24) is 29.2 Å². The van der Waals surface area contributed by atoms with Crippen LogP contribution in [0.15, 0.2) is 42.6 Å². The molecule has 0 N–H and O–H groups in total. The molecule has 4 aromatic heterocycles. The van der Waals surface area contributed by atoms with E-state index >= 15 is 0 Å². The molecule has 0 atom stereocenters. The van der Waals surface area contributed by atoms with Gasteiger partial charge in [-0.15, -0.1) is 10.2 Å². The molecule has 0 saturated carbocycles. The number of pyridine rings is 1. The number of hydrogen-bond acceptors (Lipinski definition) is 8. The third-order valence-corrected chi connectivity index (χ3v) is 5.48. The van der Waals surface area contributed by atoms with E-state index in [2.05, 4.69) is 20.3 Å². The van der Waals surface area contributed by atoms with Crippen LogP contribution in [-0.2, 0) is 6.61 Å².